The molecule has 0 spiro atoms. The van der Waals surface area contributed by atoms with Crippen molar-refractivity contribution < 1.29 is 9.53 Å². The van der Waals surface area contributed by atoms with Gasteiger partial charge in [-0.15, -0.1) is 23.1 Å². The van der Waals surface area contributed by atoms with Crippen LogP contribution in [0, 0.1) is 5.92 Å². The number of carbonyl (C=O) groups is 1. The van der Waals surface area contributed by atoms with Gasteiger partial charge in [0.15, 0.2) is 0 Å². The molecule has 1 unspecified atom stereocenters. The molecule has 0 amide bonds. The maximum absolute atomic E-state index is 11.6. The Morgan fingerprint density at radius 3 is 3.29 bits per heavy atom. The van der Waals surface area contributed by atoms with Crippen molar-refractivity contribution in [3.8, 4) is 0 Å². The topological polar surface area (TPSA) is 26.3 Å². The second-order valence-electron chi connectivity index (χ2n) is 3.25. The summed E-state index contributed by atoms with van der Waals surface area (Å²) in [6, 6.07) is 4.06. The molecule has 14 heavy (non-hydrogen) atoms. The summed E-state index contributed by atoms with van der Waals surface area (Å²) in [4.78, 5) is 11.6. The summed E-state index contributed by atoms with van der Waals surface area (Å²) in [5.74, 6) is 1.08. The van der Waals surface area contributed by atoms with E-state index in [4.69, 9.17) is 4.74 Å². The summed E-state index contributed by atoms with van der Waals surface area (Å²) in [5, 5.41) is 2.03. The molecule has 0 bridgehead atoms. The second-order valence-corrected chi connectivity index (χ2v) is 5.47. The molecule has 1 aliphatic rings. The molecule has 0 saturated carbocycles. The van der Waals surface area contributed by atoms with Crippen molar-refractivity contribution in [2.45, 2.75) is 10.6 Å². The van der Waals surface area contributed by atoms with Crippen molar-refractivity contribution in [1.29, 1.82) is 0 Å². The smallest absolute Gasteiger partial charge is 0.148 e. The summed E-state index contributed by atoms with van der Waals surface area (Å²) < 4.78 is 6.41. The summed E-state index contributed by atoms with van der Waals surface area (Å²) in [7, 11) is 0. The Labute approximate surface area is 91.7 Å². The SMILES string of the molecule is O=C(CSc1cccs1)C1CCOC1. The number of ketones is 1. The zero-order chi connectivity index (χ0) is 9.80. The van der Waals surface area contributed by atoms with E-state index in [9.17, 15) is 4.79 Å². The van der Waals surface area contributed by atoms with Crippen molar-refractivity contribution in [2.24, 2.45) is 5.92 Å². The van der Waals surface area contributed by atoms with Gasteiger partial charge >= 0.3 is 0 Å². The van der Waals surface area contributed by atoms with Gasteiger partial charge in [-0.2, -0.15) is 0 Å². The predicted molar refractivity (Wildman–Crippen MR) is 59.0 cm³/mol. The molecule has 2 heterocycles. The lowest BCUT2D eigenvalue weighted by Crippen LogP contribution is -2.16. The van der Waals surface area contributed by atoms with Gasteiger partial charge < -0.3 is 4.74 Å². The third kappa shape index (κ3) is 2.59. The van der Waals surface area contributed by atoms with Crippen molar-refractivity contribution in [3.05, 3.63) is 17.5 Å². The number of ether oxygens (including phenoxy) is 1. The van der Waals surface area contributed by atoms with Gasteiger partial charge in [0, 0.05) is 12.5 Å². The molecular formula is C10H12O2S2. The number of thioether (sulfide) groups is 1. The standard InChI is InChI=1S/C10H12O2S2/c11-9(8-3-4-12-6-8)7-14-10-2-1-5-13-10/h1-2,5,8H,3-4,6-7H2. The van der Waals surface area contributed by atoms with Gasteiger partial charge in [-0.1, -0.05) is 6.07 Å². The molecule has 0 N–H and O–H groups in total. The zero-order valence-corrected chi connectivity index (χ0v) is 9.40. The molecule has 0 aromatic carbocycles. The van der Waals surface area contributed by atoms with Crippen LogP contribution < -0.4 is 0 Å². The highest BCUT2D eigenvalue weighted by Gasteiger charge is 2.23. The van der Waals surface area contributed by atoms with E-state index in [1.54, 1.807) is 23.1 Å². The lowest BCUT2D eigenvalue weighted by Gasteiger charge is -2.04. The van der Waals surface area contributed by atoms with Crippen LogP contribution in [0.4, 0.5) is 0 Å². The Kier molecular flexibility index (Phi) is 3.61. The molecular weight excluding hydrogens is 216 g/mol. The van der Waals surface area contributed by atoms with Crippen LogP contribution in [-0.2, 0) is 9.53 Å². The van der Waals surface area contributed by atoms with Gasteiger partial charge in [-0.25, -0.2) is 0 Å². The quantitative estimate of drug-likeness (QED) is 0.740. The van der Waals surface area contributed by atoms with E-state index in [2.05, 4.69) is 0 Å². The molecule has 1 fully saturated rings. The minimum Gasteiger partial charge on any atom is -0.381 e. The highest BCUT2D eigenvalue weighted by Crippen LogP contribution is 2.25. The molecule has 4 heteroatoms. The van der Waals surface area contributed by atoms with Crippen LogP contribution in [0.1, 0.15) is 6.42 Å². The molecule has 2 nitrogen and oxygen atoms in total. The van der Waals surface area contributed by atoms with Gasteiger partial charge in [-0.05, 0) is 17.9 Å². The summed E-state index contributed by atoms with van der Waals surface area (Å²) >= 11 is 3.32. The molecule has 0 radical (unpaired) electrons. The zero-order valence-electron chi connectivity index (χ0n) is 7.77. The number of hydrogen-bond acceptors (Lipinski definition) is 4. The van der Waals surface area contributed by atoms with Gasteiger partial charge in [0.2, 0.25) is 0 Å². The Hall–Kier alpha value is -0.320. The van der Waals surface area contributed by atoms with Gasteiger partial charge in [0.05, 0.1) is 16.6 Å². The number of carbonyl (C=O) groups excluding carboxylic acids is 1. The first kappa shape index (κ1) is 10.2. The van der Waals surface area contributed by atoms with Gasteiger partial charge in [0.25, 0.3) is 0 Å². The first-order valence-electron chi connectivity index (χ1n) is 4.63. The molecule has 1 aromatic heterocycles. The molecule has 0 aliphatic carbocycles. The van der Waals surface area contributed by atoms with E-state index in [1.165, 1.54) is 4.21 Å². The van der Waals surface area contributed by atoms with E-state index < -0.39 is 0 Å². The van der Waals surface area contributed by atoms with Crippen LogP contribution in [0.2, 0.25) is 0 Å². The molecule has 1 atom stereocenters. The van der Waals surface area contributed by atoms with Crippen molar-refractivity contribution in [2.75, 3.05) is 19.0 Å². The Balaban J connectivity index is 1.77. The first-order valence-corrected chi connectivity index (χ1v) is 6.49. The van der Waals surface area contributed by atoms with Gasteiger partial charge in [0.1, 0.15) is 5.78 Å². The van der Waals surface area contributed by atoms with E-state index >= 15 is 0 Å². The largest absolute Gasteiger partial charge is 0.381 e. The number of rotatable bonds is 4. The third-order valence-corrected chi connectivity index (χ3v) is 4.39. The van der Waals surface area contributed by atoms with Crippen LogP contribution in [0.3, 0.4) is 0 Å². The predicted octanol–water partition coefficient (Wildman–Crippen LogP) is 2.45. The fraction of sp³-hybridized carbons (Fsp3) is 0.500. The lowest BCUT2D eigenvalue weighted by molar-refractivity contribution is -0.120. The minimum absolute atomic E-state index is 0.155. The molecule has 1 aliphatic heterocycles. The van der Waals surface area contributed by atoms with Crippen LogP contribution in [0.15, 0.2) is 21.7 Å². The normalized spacial score (nSPS) is 21.3. The first-order chi connectivity index (χ1) is 6.86. The Bertz CT molecular complexity index is 289. The Morgan fingerprint density at radius 1 is 1.71 bits per heavy atom. The average molecular weight is 228 g/mol. The van der Waals surface area contributed by atoms with E-state index in [0.717, 1.165) is 13.0 Å². The molecule has 2 rings (SSSR count). The monoisotopic (exact) mass is 228 g/mol. The van der Waals surface area contributed by atoms with Gasteiger partial charge in [-0.3, -0.25) is 4.79 Å². The lowest BCUT2D eigenvalue weighted by atomic mass is 10.1. The van der Waals surface area contributed by atoms with Crippen LogP contribution in [0.5, 0.6) is 0 Å². The van der Waals surface area contributed by atoms with E-state index in [-0.39, 0.29) is 5.92 Å². The van der Waals surface area contributed by atoms with E-state index in [0.29, 0.717) is 18.1 Å². The summed E-state index contributed by atoms with van der Waals surface area (Å²) in [6.07, 6.45) is 0.907. The maximum Gasteiger partial charge on any atom is 0.148 e. The third-order valence-electron chi connectivity index (χ3n) is 2.24. The molecule has 1 aromatic rings. The Morgan fingerprint density at radius 2 is 2.64 bits per heavy atom. The number of hydrogen-bond donors (Lipinski definition) is 0. The number of Topliss-reactive ketones (excluding diaryl/α,β-unsaturated/α-hetero) is 1. The molecule has 76 valence electrons. The second kappa shape index (κ2) is 4.96. The fourth-order valence-corrected chi connectivity index (χ4v) is 3.15. The summed E-state index contributed by atoms with van der Waals surface area (Å²) in [5.41, 5.74) is 0. The number of thiophene rings is 1. The fourth-order valence-electron chi connectivity index (χ4n) is 1.39. The summed E-state index contributed by atoms with van der Waals surface area (Å²) in [6.45, 7) is 1.38. The van der Waals surface area contributed by atoms with Crippen molar-refractivity contribution >= 4 is 28.9 Å². The molecule has 1 saturated heterocycles. The van der Waals surface area contributed by atoms with Crippen LogP contribution in [0.25, 0.3) is 0 Å². The van der Waals surface area contributed by atoms with Crippen LogP contribution in [-0.4, -0.2) is 24.7 Å². The van der Waals surface area contributed by atoms with E-state index in [1.807, 2.05) is 17.5 Å². The maximum atomic E-state index is 11.6. The van der Waals surface area contributed by atoms with Crippen LogP contribution >= 0.6 is 23.1 Å². The highest BCUT2D eigenvalue weighted by molar-refractivity contribution is 8.01. The van der Waals surface area contributed by atoms with Crippen molar-refractivity contribution in [1.82, 2.24) is 0 Å². The minimum atomic E-state index is 0.155. The highest BCUT2D eigenvalue weighted by atomic mass is 32.2. The van der Waals surface area contributed by atoms with Crippen molar-refractivity contribution in [3.63, 3.8) is 0 Å². The average Bonchev–Trinajstić information content (AvgIpc) is 2.87.